The van der Waals surface area contributed by atoms with Crippen molar-refractivity contribution in [3.8, 4) is 0 Å². The molecular formula is C17H20BrN3O2. The van der Waals surface area contributed by atoms with Gasteiger partial charge in [-0.3, -0.25) is 4.79 Å². The zero-order chi connectivity index (χ0) is 16.2. The Balaban J connectivity index is 1.59. The van der Waals surface area contributed by atoms with Gasteiger partial charge >= 0.3 is 0 Å². The monoisotopic (exact) mass is 377 g/mol. The van der Waals surface area contributed by atoms with Crippen LogP contribution in [0.4, 0.5) is 5.69 Å². The third kappa shape index (κ3) is 4.19. The van der Waals surface area contributed by atoms with Crippen molar-refractivity contribution in [1.82, 2.24) is 0 Å². The van der Waals surface area contributed by atoms with Gasteiger partial charge in [-0.15, -0.1) is 0 Å². The van der Waals surface area contributed by atoms with E-state index in [4.69, 9.17) is 0 Å². The second-order valence-corrected chi connectivity index (χ2v) is 7.02. The van der Waals surface area contributed by atoms with Crippen LogP contribution in [0.5, 0.6) is 0 Å². The Morgan fingerprint density at radius 1 is 1.26 bits per heavy atom. The standard InChI is InChI=1S/C17H20BrN3O2/c18-13-6-8-14(9-7-13)19-16(22)10-12-11-21(20-17(12)23)15-4-2-1-3-5-15/h6-9,12H,1-5,10-11H2,(H-,19,20,22,23). The van der Waals surface area contributed by atoms with Crippen molar-refractivity contribution in [1.29, 1.82) is 0 Å². The van der Waals surface area contributed by atoms with Crippen molar-refractivity contribution in [3.05, 3.63) is 28.7 Å². The molecular weight excluding hydrogens is 358 g/mol. The number of rotatable bonds is 3. The minimum atomic E-state index is -0.333. The van der Waals surface area contributed by atoms with Gasteiger partial charge in [-0.2, -0.15) is 0 Å². The van der Waals surface area contributed by atoms with Crippen LogP contribution in [0.15, 0.2) is 33.8 Å². The summed E-state index contributed by atoms with van der Waals surface area (Å²) in [6, 6.07) is 7.39. The average Bonchev–Trinajstić information content (AvgIpc) is 2.91. The molecule has 1 heterocycles. The molecule has 5 nitrogen and oxygen atoms in total. The van der Waals surface area contributed by atoms with E-state index in [9.17, 15) is 9.90 Å². The fourth-order valence-corrected chi connectivity index (χ4v) is 3.33. The highest BCUT2D eigenvalue weighted by Gasteiger charge is 2.30. The van der Waals surface area contributed by atoms with Gasteiger partial charge in [0.1, 0.15) is 0 Å². The van der Waals surface area contributed by atoms with Crippen LogP contribution in [0.3, 0.4) is 0 Å². The summed E-state index contributed by atoms with van der Waals surface area (Å²) in [5.74, 6) is -0.648. The number of carbonyl (C=O) groups excluding carboxylic acids is 1. The maximum absolute atomic E-state index is 12.1. The molecule has 0 spiro atoms. The van der Waals surface area contributed by atoms with Crippen LogP contribution in [-0.2, 0) is 4.79 Å². The molecule has 3 rings (SSSR count). The Kier molecular flexibility index (Phi) is 5.10. The Hall–Kier alpha value is -1.69. The third-order valence-corrected chi connectivity index (χ3v) is 4.85. The number of amides is 1. The predicted octanol–water partition coefficient (Wildman–Crippen LogP) is 2.50. The molecule has 0 saturated heterocycles. The summed E-state index contributed by atoms with van der Waals surface area (Å²) in [5, 5.41) is 19.0. The van der Waals surface area contributed by atoms with Gasteiger partial charge in [-0.05, 0) is 42.2 Å². The molecule has 0 aromatic heterocycles. The van der Waals surface area contributed by atoms with E-state index < -0.39 is 0 Å². The smallest absolute Gasteiger partial charge is 0.225 e. The lowest BCUT2D eigenvalue weighted by Crippen LogP contribution is -2.30. The normalized spacial score (nSPS) is 21.3. The molecule has 23 heavy (non-hydrogen) atoms. The van der Waals surface area contributed by atoms with E-state index in [0.29, 0.717) is 6.54 Å². The quantitative estimate of drug-likeness (QED) is 0.822. The third-order valence-electron chi connectivity index (χ3n) is 4.32. The van der Waals surface area contributed by atoms with Gasteiger partial charge in [0.15, 0.2) is 12.3 Å². The largest absolute Gasteiger partial charge is 0.857 e. The molecule has 1 aromatic rings. The molecule has 1 N–H and O–H groups in total. The van der Waals surface area contributed by atoms with Crippen molar-refractivity contribution < 1.29 is 14.6 Å². The lowest BCUT2D eigenvalue weighted by atomic mass is 9.98. The van der Waals surface area contributed by atoms with Crippen LogP contribution in [0.2, 0.25) is 0 Å². The molecule has 1 fully saturated rings. The Morgan fingerprint density at radius 3 is 2.65 bits per heavy atom. The summed E-state index contributed by atoms with van der Waals surface area (Å²) in [4.78, 5) is 12.1. The Morgan fingerprint density at radius 2 is 1.96 bits per heavy atom. The number of hydrogen-bond acceptors (Lipinski definition) is 3. The van der Waals surface area contributed by atoms with Crippen molar-refractivity contribution in [3.63, 3.8) is 0 Å². The number of anilines is 1. The van der Waals surface area contributed by atoms with Crippen LogP contribution >= 0.6 is 15.9 Å². The number of carbonyl (C=O) groups is 1. The Bertz CT molecular complexity index is 644. The number of hydrazone groups is 1. The van der Waals surface area contributed by atoms with E-state index in [-0.39, 0.29) is 24.1 Å². The highest BCUT2D eigenvalue weighted by Crippen LogP contribution is 2.20. The average molecular weight is 378 g/mol. The molecule has 2 aliphatic rings. The fourth-order valence-electron chi connectivity index (χ4n) is 3.07. The summed E-state index contributed by atoms with van der Waals surface area (Å²) < 4.78 is 2.81. The minimum Gasteiger partial charge on any atom is -0.857 e. The zero-order valence-electron chi connectivity index (χ0n) is 12.9. The number of hydrogen-bond donors (Lipinski definition) is 1. The van der Waals surface area contributed by atoms with Gasteiger partial charge in [0, 0.05) is 35.3 Å². The lowest BCUT2D eigenvalue weighted by molar-refractivity contribution is -0.530. The van der Waals surface area contributed by atoms with Gasteiger partial charge in [-0.25, -0.2) is 0 Å². The number of benzene rings is 1. The summed E-state index contributed by atoms with van der Waals surface area (Å²) in [6.45, 7) is 0.544. The lowest BCUT2D eigenvalue weighted by Gasteiger charge is -2.12. The molecule has 1 atom stereocenters. The second-order valence-electron chi connectivity index (χ2n) is 6.10. The maximum atomic E-state index is 12.1. The second kappa shape index (κ2) is 7.25. The topological polar surface area (TPSA) is 67.5 Å². The van der Waals surface area contributed by atoms with Crippen LogP contribution in [0.25, 0.3) is 0 Å². The van der Waals surface area contributed by atoms with Crippen molar-refractivity contribution >= 4 is 39.1 Å². The van der Waals surface area contributed by atoms with Gasteiger partial charge in [-0.1, -0.05) is 27.0 Å². The molecule has 122 valence electrons. The van der Waals surface area contributed by atoms with Gasteiger partial charge in [0.2, 0.25) is 5.91 Å². The summed E-state index contributed by atoms with van der Waals surface area (Å²) >= 11 is 3.36. The molecule has 1 aromatic carbocycles. The molecule has 0 bridgehead atoms. The van der Waals surface area contributed by atoms with Crippen molar-refractivity contribution in [2.75, 3.05) is 11.9 Å². The molecule has 1 saturated carbocycles. The zero-order valence-corrected chi connectivity index (χ0v) is 14.5. The van der Waals surface area contributed by atoms with Crippen LogP contribution in [-0.4, -0.2) is 28.7 Å². The summed E-state index contributed by atoms with van der Waals surface area (Å²) in [5.41, 5.74) is 1.99. The van der Waals surface area contributed by atoms with Crippen molar-refractivity contribution in [2.45, 2.75) is 38.5 Å². The first kappa shape index (κ1) is 16.2. The fraction of sp³-hybridized carbons (Fsp3) is 0.471. The molecule has 1 aliphatic heterocycles. The highest BCUT2D eigenvalue weighted by atomic mass is 79.9. The van der Waals surface area contributed by atoms with E-state index >= 15 is 0 Å². The van der Waals surface area contributed by atoms with E-state index in [0.717, 1.165) is 23.0 Å². The number of nitrogens with zero attached hydrogens (tertiary/aromatic N) is 2. The first-order valence-electron chi connectivity index (χ1n) is 8.05. The number of halogens is 1. The highest BCUT2D eigenvalue weighted by molar-refractivity contribution is 9.10. The van der Waals surface area contributed by atoms with E-state index in [2.05, 4.69) is 26.3 Å². The first-order valence-corrected chi connectivity index (χ1v) is 8.84. The van der Waals surface area contributed by atoms with E-state index in [1.807, 2.05) is 28.9 Å². The van der Waals surface area contributed by atoms with Gasteiger partial charge in [0.25, 0.3) is 0 Å². The minimum absolute atomic E-state index is 0.142. The van der Waals surface area contributed by atoms with Gasteiger partial charge in [0.05, 0.1) is 5.92 Å². The predicted molar refractivity (Wildman–Crippen MR) is 91.5 cm³/mol. The van der Waals surface area contributed by atoms with Crippen molar-refractivity contribution in [2.24, 2.45) is 11.0 Å². The summed E-state index contributed by atoms with van der Waals surface area (Å²) in [6.07, 6.45) is 5.82. The molecule has 1 amide bonds. The van der Waals surface area contributed by atoms with Crippen LogP contribution in [0.1, 0.15) is 38.5 Å². The van der Waals surface area contributed by atoms with E-state index in [1.54, 1.807) is 0 Å². The number of nitrogens with one attached hydrogen (secondary N) is 1. The SMILES string of the molecule is O=C(CC1C[N+](=C2CCCCC2)N=C1[O-])Nc1ccc(Br)cc1. The Labute approximate surface area is 144 Å². The molecule has 1 unspecified atom stereocenters. The first-order chi connectivity index (χ1) is 11.1. The van der Waals surface area contributed by atoms with Crippen LogP contribution < -0.4 is 10.4 Å². The van der Waals surface area contributed by atoms with Gasteiger partial charge < -0.3 is 10.4 Å². The summed E-state index contributed by atoms with van der Waals surface area (Å²) in [7, 11) is 0. The maximum Gasteiger partial charge on any atom is 0.225 e. The van der Waals surface area contributed by atoms with Crippen LogP contribution in [0, 0.1) is 5.92 Å². The van der Waals surface area contributed by atoms with E-state index in [1.165, 1.54) is 25.0 Å². The molecule has 6 heteroatoms. The molecule has 0 radical (unpaired) electrons. The molecule has 1 aliphatic carbocycles.